The van der Waals surface area contributed by atoms with Crippen LogP contribution in [-0.4, -0.2) is 10.1 Å². The van der Waals surface area contributed by atoms with E-state index in [0.717, 1.165) is 19.0 Å². The lowest BCUT2D eigenvalue weighted by atomic mass is 10.0. The van der Waals surface area contributed by atoms with Crippen LogP contribution in [0.1, 0.15) is 53.0 Å². The average molecular weight is 286 g/mol. The summed E-state index contributed by atoms with van der Waals surface area (Å²) in [6.07, 6.45) is 4.76. The van der Waals surface area contributed by atoms with Crippen molar-refractivity contribution in [3.05, 3.63) is 36.0 Å². The third kappa shape index (κ3) is 4.10. The lowest BCUT2D eigenvalue weighted by Gasteiger charge is -2.21. The van der Waals surface area contributed by atoms with Crippen molar-refractivity contribution in [3.8, 4) is 0 Å². The zero-order valence-electron chi connectivity index (χ0n) is 14.2. The summed E-state index contributed by atoms with van der Waals surface area (Å²) >= 11 is 0. The van der Waals surface area contributed by atoms with E-state index in [1.165, 1.54) is 29.3 Å². The standard InChI is InChI=1S/C19H30N2/c1-6-15(7-2)14-21-12-11-17-16(9-8-10-18(17)21)13-20-19(3,4)5/h8-12,15,20H,6-7,13-14H2,1-5H3. The van der Waals surface area contributed by atoms with E-state index >= 15 is 0 Å². The minimum Gasteiger partial charge on any atom is -0.347 e. The summed E-state index contributed by atoms with van der Waals surface area (Å²) in [6, 6.07) is 8.95. The quantitative estimate of drug-likeness (QED) is 0.793. The number of benzene rings is 1. The summed E-state index contributed by atoms with van der Waals surface area (Å²) in [5.74, 6) is 0.775. The highest BCUT2D eigenvalue weighted by Crippen LogP contribution is 2.23. The number of fused-ring (bicyclic) bond motifs is 1. The molecule has 0 fully saturated rings. The first kappa shape index (κ1) is 16.1. The summed E-state index contributed by atoms with van der Waals surface area (Å²) in [7, 11) is 0. The van der Waals surface area contributed by atoms with Crippen molar-refractivity contribution in [2.75, 3.05) is 0 Å². The van der Waals surface area contributed by atoms with E-state index in [0.29, 0.717) is 0 Å². The highest BCUT2D eigenvalue weighted by molar-refractivity contribution is 5.83. The molecule has 0 aliphatic heterocycles. The molecule has 0 aliphatic rings. The number of nitrogens with one attached hydrogen (secondary N) is 1. The molecule has 2 heteroatoms. The predicted octanol–water partition coefficient (Wildman–Crippen LogP) is 4.97. The van der Waals surface area contributed by atoms with E-state index < -0.39 is 0 Å². The highest BCUT2D eigenvalue weighted by atomic mass is 15.0. The maximum absolute atomic E-state index is 3.59. The third-order valence-corrected chi connectivity index (χ3v) is 4.32. The van der Waals surface area contributed by atoms with E-state index in [-0.39, 0.29) is 5.54 Å². The van der Waals surface area contributed by atoms with Gasteiger partial charge in [0.15, 0.2) is 0 Å². The molecule has 0 aliphatic carbocycles. The van der Waals surface area contributed by atoms with Crippen molar-refractivity contribution in [1.82, 2.24) is 9.88 Å². The second-order valence-electron chi connectivity index (χ2n) is 7.10. The first-order chi connectivity index (χ1) is 9.94. The zero-order valence-corrected chi connectivity index (χ0v) is 14.2. The maximum atomic E-state index is 3.59. The molecule has 1 N–H and O–H groups in total. The number of hydrogen-bond donors (Lipinski definition) is 1. The molecule has 2 rings (SSSR count). The van der Waals surface area contributed by atoms with Crippen LogP contribution in [0.4, 0.5) is 0 Å². The largest absolute Gasteiger partial charge is 0.347 e. The van der Waals surface area contributed by atoms with Gasteiger partial charge in [-0.15, -0.1) is 0 Å². The topological polar surface area (TPSA) is 17.0 Å². The van der Waals surface area contributed by atoms with Crippen molar-refractivity contribution in [3.63, 3.8) is 0 Å². The molecule has 0 spiro atoms. The van der Waals surface area contributed by atoms with Gasteiger partial charge in [-0.2, -0.15) is 0 Å². The molecular formula is C19H30N2. The minimum atomic E-state index is 0.153. The van der Waals surface area contributed by atoms with E-state index in [9.17, 15) is 0 Å². The molecule has 1 aromatic heterocycles. The molecule has 0 saturated carbocycles. The van der Waals surface area contributed by atoms with Crippen molar-refractivity contribution in [2.24, 2.45) is 5.92 Å². The number of aromatic nitrogens is 1. The molecule has 0 bridgehead atoms. The summed E-state index contributed by atoms with van der Waals surface area (Å²) in [4.78, 5) is 0. The molecule has 0 saturated heterocycles. The molecule has 2 aromatic rings. The Morgan fingerprint density at radius 2 is 1.81 bits per heavy atom. The van der Waals surface area contributed by atoms with Gasteiger partial charge in [0.05, 0.1) is 0 Å². The Morgan fingerprint density at radius 3 is 2.43 bits per heavy atom. The Labute approximate surface area is 129 Å². The summed E-state index contributed by atoms with van der Waals surface area (Å²) < 4.78 is 2.42. The Hall–Kier alpha value is -1.28. The molecule has 1 heterocycles. The molecule has 0 unspecified atom stereocenters. The first-order valence-corrected chi connectivity index (χ1v) is 8.26. The lowest BCUT2D eigenvalue weighted by Crippen LogP contribution is -2.35. The Balaban J connectivity index is 2.24. The molecule has 21 heavy (non-hydrogen) atoms. The number of rotatable bonds is 6. The summed E-state index contributed by atoms with van der Waals surface area (Å²) in [5, 5.41) is 4.98. The fourth-order valence-electron chi connectivity index (χ4n) is 2.79. The molecule has 1 aromatic carbocycles. The fourth-order valence-corrected chi connectivity index (χ4v) is 2.79. The van der Waals surface area contributed by atoms with Gasteiger partial charge in [-0.05, 0) is 44.4 Å². The van der Waals surface area contributed by atoms with Crippen LogP contribution in [0.2, 0.25) is 0 Å². The maximum Gasteiger partial charge on any atom is 0.0483 e. The van der Waals surface area contributed by atoms with E-state index in [1.54, 1.807) is 0 Å². The van der Waals surface area contributed by atoms with E-state index in [4.69, 9.17) is 0 Å². The van der Waals surface area contributed by atoms with E-state index in [2.05, 4.69) is 75.0 Å². The van der Waals surface area contributed by atoms with Gasteiger partial charge in [-0.25, -0.2) is 0 Å². The molecule has 2 nitrogen and oxygen atoms in total. The van der Waals surface area contributed by atoms with Crippen LogP contribution in [-0.2, 0) is 13.1 Å². The van der Waals surface area contributed by atoms with Crippen LogP contribution >= 0.6 is 0 Å². The van der Waals surface area contributed by atoms with Gasteiger partial charge in [-0.3, -0.25) is 0 Å². The van der Waals surface area contributed by atoms with Crippen LogP contribution in [0.5, 0.6) is 0 Å². The van der Waals surface area contributed by atoms with Crippen molar-refractivity contribution in [2.45, 2.75) is 66.1 Å². The van der Waals surface area contributed by atoms with Crippen molar-refractivity contribution in [1.29, 1.82) is 0 Å². The van der Waals surface area contributed by atoms with E-state index in [1.807, 2.05) is 0 Å². The summed E-state index contributed by atoms with van der Waals surface area (Å²) in [5.41, 5.74) is 2.92. The molecule has 116 valence electrons. The van der Waals surface area contributed by atoms with Gasteiger partial charge < -0.3 is 9.88 Å². The fraction of sp³-hybridized carbons (Fsp3) is 0.579. The van der Waals surface area contributed by atoms with Crippen molar-refractivity contribution >= 4 is 10.9 Å². The lowest BCUT2D eigenvalue weighted by molar-refractivity contribution is 0.424. The van der Waals surface area contributed by atoms with Gasteiger partial charge in [-0.1, -0.05) is 38.8 Å². The third-order valence-electron chi connectivity index (χ3n) is 4.32. The summed E-state index contributed by atoms with van der Waals surface area (Å²) in [6.45, 7) is 13.3. The van der Waals surface area contributed by atoms with Crippen molar-refractivity contribution < 1.29 is 0 Å². The molecule has 0 radical (unpaired) electrons. The van der Waals surface area contributed by atoms with Crippen LogP contribution in [0.15, 0.2) is 30.5 Å². The predicted molar refractivity (Wildman–Crippen MR) is 92.6 cm³/mol. The average Bonchev–Trinajstić information content (AvgIpc) is 2.85. The molecule has 0 atom stereocenters. The zero-order chi connectivity index (χ0) is 15.5. The Morgan fingerprint density at radius 1 is 1.10 bits per heavy atom. The smallest absolute Gasteiger partial charge is 0.0483 e. The second kappa shape index (κ2) is 6.65. The van der Waals surface area contributed by atoms with Gasteiger partial charge in [0.2, 0.25) is 0 Å². The van der Waals surface area contributed by atoms with Gasteiger partial charge >= 0.3 is 0 Å². The van der Waals surface area contributed by atoms with Crippen LogP contribution in [0.25, 0.3) is 10.9 Å². The van der Waals surface area contributed by atoms with Crippen LogP contribution < -0.4 is 5.32 Å². The number of nitrogens with zero attached hydrogens (tertiary/aromatic N) is 1. The normalized spacial score (nSPS) is 12.5. The molecule has 0 amide bonds. The van der Waals surface area contributed by atoms with Crippen LogP contribution in [0.3, 0.4) is 0 Å². The Kier molecular flexibility index (Phi) is 5.10. The first-order valence-electron chi connectivity index (χ1n) is 8.26. The van der Waals surface area contributed by atoms with Gasteiger partial charge in [0.25, 0.3) is 0 Å². The SMILES string of the molecule is CCC(CC)Cn1ccc2c(CNC(C)(C)C)cccc21. The highest BCUT2D eigenvalue weighted by Gasteiger charge is 2.12. The monoisotopic (exact) mass is 286 g/mol. The van der Waals surface area contributed by atoms with Gasteiger partial charge in [0, 0.05) is 35.7 Å². The second-order valence-corrected chi connectivity index (χ2v) is 7.10. The number of hydrogen-bond acceptors (Lipinski definition) is 1. The Bertz CT molecular complexity index is 571. The minimum absolute atomic E-state index is 0.153. The van der Waals surface area contributed by atoms with Crippen LogP contribution in [0, 0.1) is 5.92 Å². The molecular weight excluding hydrogens is 256 g/mol. The van der Waals surface area contributed by atoms with Gasteiger partial charge in [0.1, 0.15) is 0 Å².